The van der Waals surface area contributed by atoms with Crippen molar-refractivity contribution in [2.24, 2.45) is 0 Å². The lowest BCUT2D eigenvalue weighted by Gasteiger charge is -2.20. The first-order valence-electron chi connectivity index (χ1n) is 12.8. The first kappa shape index (κ1) is 27.1. The highest BCUT2D eigenvalue weighted by molar-refractivity contribution is 8.26. The number of hydrogen-bond donors (Lipinski definition) is 1. The molecule has 37 heavy (non-hydrogen) atoms. The monoisotopic (exact) mass is 536 g/mol. The number of carbonyl (C=O) groups is 1. The van der Waals surface area contributed by atoms with Crippen LogP contribution in [-0.2, 0) is 22.5 Å². The Labute approximate surface area is 227 Å². The number of aromatic nitrogens is 1. The molecule has 194 valence electrons. The Hall–Kier alpha value is -2.93. The first-order valence-corrected chi connectivity index (χ1v) is 14.0. The van der Waals surface area contributed by atoms with Gasteiger partial charge in [-0.25, -0.2) is 0 Å². The van der Waals surface area contributed by atoms with Crippen LogP contribution in [0.5, 0.6) is 0 Å². The lowest BCUT2D eigenvalue weighted by atomic mass is 10.0. The van der Waals surface area contributed by atoms with E-state index < -0.39 is 0 Å². The Morgan fingerprint density at radius 2 is 2.08 bits per heavy atom. The van der Waals surface area contributed by atoms with E-state index in [0.717, 1.165) is 32.1 Å². The SMILES string of the molecule is CCCCn1c(NCCc2ccccc2)c(/C=C2/SC(=S)N(CC3CCCO3)C2=O)c(C)c(C#N)c1=O. The third kappa shape index (κ3) is 6.15. The van der Waals surface area contributed by atoms with Crippen LogP contribution in [0.3, 0.4) is 0 Å². The maximum Gasteiger partial charge on any atom is 0.270 e. The largest absolute Gasteiger partial charge is 0.376 e. The summed E-state index contributed by atoms with van der Waals surface area (Å²) in [6, 6.07) is 12.2. The van der Waals surface area contributed by atoms with Gasteiger partial charge >= 0.3 is 0 Å². The summed E-state index contributed by atoms with van der Waals surface area (Å²) in [7, 11) is 0. The van der Waals surface area contributed by atoms with Crippen LogP contribution < -0.4 is 10.9 Å². The number of thiocarbonyl (C=S) groups is 1. The van der Waals surface area contributed by atoms with Gasteiger partial charge in [-0.2, -0.15) is 5.26 Å². The molecule has 0 aliphatic carbocycles. The lowest BCUT2D eigenvalue weighted by molar-refractivity contribution is -0.123. The van der Waals surface area contributed by atoms with E-state index in [-0.39, 0.29) is 23.1 Å². The van der Waals surface area contributed by atoms with E-state index in [9.17, 15) is 14.9 Å². The molecule has 1 amide bonds. The summed E-state index contributed by atoms with van der Waals surface area (Å²) in [5.74, 6) is 0.472. The Balaban J connectivity index is 1.71. The number of anilines is 1. The average molecular weight is 537 g/mol. The Morgan fingerprint density at radius 3 is 2.76 bits per heavy atom. The molecule has 1 aromatic heterocycles. The molecule has 2 fully saturated rings. The van der Waals surface area contributed by atoms with E-state index in [1.807, 2.05) is 18.2 Å². The quantitative estimate of drug-likeness (QED) is 0.343. The van der Waals surface area contributed by atoms with E-state index >= 15 is 0 Å². The van der Waals surface area contributed by atoms with Gasteiger partial charge in [-0.05, 0) is 49.8 Å². The van der Waals surface area contributed by atoms with Crippen molar-refractivity contribution in [3.63, 3.8) is 0 Å². The zero-order valence-electron chi connectivity index (χ0n) is 21.3. The number of carbonyl (C=O) groups excluding carboxylic acids is 1. The third-order valence-electron chi connectivity index (χ3n) is 6.72. The van der Waals surface area contributed by atoms with Gasteiger partial charge in [0.15, 0.2) is 0 Å². The number of hydrogen-bond acceptors (Lipinski definition) is 7. The predicted octanol–water partition coefficient (Wildman–Crippen LogP) is 4.86. The van der Waals surface area contributed by atoms with E-state index in [4.69, 9.17) is 17.0 Å². The van der Waals surface area contributed by atoms with Crippen molar-refractivity contribution in [1.29, 1.82) is 5.26 Å². The number of rotatable bonds is 10. The minimum atomic E-state index is -0.307. The molecule has 0 bridgehead atoms. The molecule has 2 aliphatic heterocycles. The maximum atomic E-state index is 13.3. The number of nitriles is 1. The van der Waals surface area contributed by atoms with E-state index in [1.54, 1.807) is 22.5 Å². The molecule has 4 rings (SSSR count). The highest BCUT2D eigenvalue weighted by Gasteiger charge is 2.35. The Kier molecular flexibility index (Phi) is 9.19. The molecule has 0 spiro atoms. The topological polar surface area (TPSA) is 87.4 Å². The summed E-state index contributed by atoms with van der Waals surface area (Å²) >= 11 is 6.79. The predicted molar refractivity (Wildman–Crippen MR) is 153 cm³/mol. The second-order valence-corrected chi connectivity index (χ2v) is 10.9. The number of unbranched alkanes of at least 4 members (excludes halogenated alkanes) is 1. The standard InChI is InChI=1S/C28H32N4O3S2/c1-3-4-14-31-25(30-13-12-20-9-6-5-7-10-20)22(19(2)23(17-29)26(31)33)16-24-27(34)32(28(36)37-24)18-21-11-8-15-35-21/h5-7,9-10,16,21,30H,3-4,8,11-15,18H2,1-2H3/b24-16+. The highest BCUT2D eigenvalue weighted by Crippen LogP contribution is 2.35. The van der Waals surface area contributed by atoms with Crippen molar-refractivity contribution >= 4 is 46.1 Å². The second-order valence-electron chi connectivity index (χ2n) is 9.27. The van der Waals surface area contributed by atoms with Crippen LogP contribution in [-0.4, -0.2) is 45.5 Å². The molecule has 1 unspecified atom stereocenters. The number of nitrogens with one attached hydrogen (secondary N) is 1. The number of thioether (sulfide) groups is 1. The molecule has 9 heteroatoms. The maximum absolute atomic E-state index is 13.3. The Bertz CT molecular complexity index is 1290. The van der Waals surface area contributed by atoms with Gasteiger partial charge in [0.1, 0.15) is 21.8 Å². The lowest BCUT2D eigenvalue weighted by Crippen LogP contribution is -2.35. The van der Waals surface area contributed by atoms with Crippen LogP contribution in [0.25, 0.3) is 6.08 Å². The minimum Gasteiger partial charge on any atom is -0.376 e. The summed E-state index contributed by atoms with van der Waals surface area (Å²) in [4.78, 5) is 28.7. The van der Waals surface area contributed by atoms with Crippen molar-refractivity contribution in [3.8, 4) is 6.07 Å². The van der Waals surface area contributed by atoms with Gasteiger partial charge in [-0.1, -0.05) is 67.7 Å². The molecule has 2 aliphatic rings. The molecule has 3 heterocycles. The fourth-order valence-corrected chi connectivity index (χ4v) is 5.89. The number of nitrogens with zero attached hydrogens (tertiary/aromatic N) is 3. The molecule has 1 aromatic carbocycles. The van der Waals surface area contributed by atoms with Crippen molar-refractivity contribution in [2.75, 3.05) is 25.0 Å². The molecule has 1 atom stereocenters. The summed E-state index contributed by atoms with van der Waals surface area (Å²) in [5.41, 5.74) is 2.22. The second kappa shape index (κ2) is 12.5. The summed E-state index contributed by atoms with van der Waals surface area (Å²) in [6.07, 6.45) is 6.16. The molecular formula is C28H32N4O3S2. The number of ether oxygens (including phenoxy) is 1. The van der Waals surface area contributed by atoms with Crippen LogP contribution in [0.15, 0.2) is 40.0 Å². The van der Waals surface area contributed by atoms with Crippen molar-refractivity contribution in [2.45, 2.75) is 58.6 Å². The van der Waals surface area contributed by atoms with E-state index in [0.29, 0.717) is 52.4 Å². The fourth-order valence-electron chi connectivity index (χ4n) is 4.63. The fraction of sp³-hybridized carbons (Fsp3) is 0.429. The summed E-state index contributed by atoms with van der Waals surface area (Å²) in [6.45, 7) is 6.07. The highest BCUT2D eigenvalue weighted by atomic mass is 32.2. The molecule has 0 radical (unpaired) electrons. The van der Waals surface area contributed by atoms with Gasteiger partial charge in [0.05, 0.1) is 17.6 Å². The normalized spacial score (nSPS) is 18.6. The van der Waals surface area contributed by atoms with Crippen molar-refractivity contribution < 1.29 is 9.53 Å². The molecule has 2 saturated heterocycles. The molecule has 7 nitrogen and oxygen atoms in total. The van der Waals surface area contributed by atoms with Crippen LogP contribution in [0, 0.1) is 18.3 Å². The van der Waals surface area contributed by atoms with Gasteiger partial charge in [-0.3, -0.25) is 19.1 Å². The molecule has 1 N–H and O–H groups in total. The van der Waals surface area contributed by atoms with E-state index in [1.165, 1.54) is 17.3 Å². The molecule has 2 aromatic rings. The Morgan fingerprint density at radius 1 is 1.30 bits per heavy atom. The van der Waals surface area contributed by atoms with Crippen molar-refractivity contribution in [1.82, 2.24) is 9.47 Å². The third-order valence-corrected chi connectivity index (χ3v) is 8.10. The molecule has 0 saturated carbocycles. The van der Waals surface area contributed by atoms with Crippen LogP contribution in [0.4, 0.5) is 5.82 Å². The number of benzene rings is 1. The van der Waals surface area contributed by atoms with Gasteiger partial charge in [0.25, 0.3) is 11.5 Å². The van der Waals surface area contributed by atoms with Crippen LogP contribution in [0.1, 0.15) is 54.9 Å². The molecular weight excluding hydrogens is 504 g/mol. The smallest absolute Gasteiger partial charge is 0.270 e. The summed E-state index contributed by atoms with van der Waals surface area (Å²) in [5, 5.41) is 13.3. The van der Waals surface area contributed by atoms with Gasteiger partial charge in [0, 0.05) is 25.3 Å². The average Bonchev–Trinajstić information content (AvgIpc) is 3.51. The van der Waals surface area contributed by atoms with Crippen LogP contribution >= 0.6 is 24.0 Å². The number of amides is 1. The van der Waals surface area contributed by atoms with Gasteiger partial charge in [0.2, 0.25) is 0 Å². The summed E-state index contributed by atoms with van der Waals surface area (Å²) < 4.78 is 7.87. The van der Waals surface area contributed by atoms with E-state index in [2.05, 4.69) is 30.4 Å². The zero-order valence-corrected chi connectivity index (χ0v) is 22.9. The first-order chi connectivity index (χ1) is 17.9. The van der Waals surface area contributed by atoms with Crippen molar-refractivity contribution in [3.05, 3.63) is 67.8 Å². The zero-order chi connectivity index (χ0) is 26.4. The number of pyridine rings is 1. The van der Waals surface area contributed by atoms with Crippen LogP contribution in [0.2, 0.25) is 0 Å². The minimum absolute atomic E-state index is 0.0000549. The van der Waals surface area contributed by atoms with Gasteiger partial charge < -0.3 is 10.1 Å². The van der Waals surface area contributed by atoms with Gasteiger partial charge in [-0.15, -0.1) is 0 Å².